The molecule has 0 aromatic carbocycles. The maximum absolute atomic E-state index is 12.6. The Labute approximate surface area is 179 Å². The SMILES string of the molecule is CC(C)(C)OC(=O)C[C@@H](CCCC1CCCCC1)C(=O)O/N=C(\N)c1ccccn1. The Morgan fingerprint density at radius 3 is 2.60 bits per heavy atom. The first-order chi connectivity index (χ1) is 14.2. The summed E-state index contributed by atoms with van der Waals surface area (Å²) in [6.45, 7) is 5.41. The number of aromatic nitrogens is 1. The summed E-state index contributed by atoms with van der Waals surface area (Å²) in [5, 5.41) is 3.73. The van der Waals surface area contributed by atoms with E-state index >= 15 is 0 Å². The van der Waals surface area contributed by atoms with Crippen LogP contribution in [0.2, 0.25) is 0 Å². The molecule has 0 spiro atoms. The van der Waals surface area contributed by atoms with Gasteiger partial charge in [0, 0.05) is 6.20 Å². The van der Waals surface area contributed by atoms with E-state index in [0.717, 1.165) is 18.8 Å². The molecular formula is C23H35N3O4. The first kappa shape index (κ1) is 23.8. The minimum Gasteiger partial charge on any atom is -0.460 e. The van der Waals surface area contributed by atoms with E-state index in [0.29, 0.717) is 12.1 Å². The molecule has 1 aromatic heterocycles. The second kappa shape index (κ2) is 11.7. The van der Waals surface area contributed by atoms with Crippen molar-refractivity contribution in [2.45, 2.75) is 84.2 Å². The topological polar surface area (TPSA) is 104 Å². The molecule has 1 saturated carbocycles. The zero-order valence-corrected chi connectivity index (χ0v) is 18.4. The highest BCUT2D eigenvalue weighted by Crippen LogP contribution is 2.29. The molecule has 1 aliphatic rings. The summed E-state index contributed by atoms with van der Waals surface area (Å²) in [6.07, 6.45) is 10.5. The molecule has 0 aliphatic heterocycles. The molecule has 1 aromatic rings. The average molecular weight is 418 g/mol. The number of oxime groups is 1. The quantitative estimate of drug-likeness (QED) is 0.211. The van der Waals surface area contributed by atoms with Crippen molar-refractivity contribution in [3.8, 4) is 0 Å². The smallest absolute Gasteiger partial charge is 0.338 e. The molecule has 7 nitrogen and oxygen atoms in total. The van der Waals surface area contributed by atoms with Gasteiger partial charge in [-0.05, 0) is 45.2 Å². The van der Waals surface area contributed by atoms with E-state index in [-0.39, 0.29) is 12.3 Å². The number of pyridine rings is 1. The Morgan fingerprint density at radius 2 is 1.97 bits per heavy atom. The van der Waals surface area contributed by atoms with Gasteiger partial charge in [-0.2, -0.15) is 0 Å². The fourth-order valence-corrected chi connectivity index (χ4v) is 3.75. The average Bonchev–Trinajstić information content (AvgIpc) is 2.71. The number of nitrogens with zero attached hydrogens (tertiary/aromatic N) is 2. The third-order valence-corrected chi connectivity index (χ3v) is 5.22. The molecule has 2 rings (SSSR count). The number of hydrogen-bond acceptors (Lipinski definition) is 6. The largest absolute Gasteiger partial charge is 0.460 e. The van der Waals surface area contributed by atoms with E-state index in [1.165, 1.54) is 32.1 Å². The predicted octanol–water partition coefficient (Wildman–Crippen LogP) is 4.34. The van der Waals surface area contributed by atoms with Crippen LogP contribution in [0.5, 0.6) is 0 Å². The number of carbonyl (C=O) groups is 2. The van der Waals surface area contributed by atoms with Gasteiger partial charge in [-0.1, -0.05) is 56.2 Å². The maximum atomic E-state index is 12.6. The van der Waals surface area contributed by atoms with Crippen LogP contribution in [0.15, 0.2) is 29.6 Å². The first-order valence-electron chi connectivity index (χ1n) is 10.9. The Hall–Kier alpha value is -2.44. The summed E-state index contributed by atoms with van der Waals surface area (Å²) in [5.41, 5.74) is 5.66. The van der Waals surface area contributed by atoms with Crippen LogP contribution >= 0.6 is 0 Å². The number of nitrogens with two attached hydrogens (primary N) is 1. The number of carbonyl (C=O) groups excluding carboxylic acids is 2. The van der Waals surface area contributed by atoms with E-state index in [2.05, 4.69) is 10.1 Å². The van der Waals surface area contributed by atoms with Crippen molar-refractivity contribution in [2.24, 2.45) is 22.7 Å². The van der Waals surface area contributed by atoms with Crippen LogP contribution in [-0.4, -0.2) is 28.4 Å². The van der Waals surface area contributed by atoms with Crippen LogP contribution in [0.25, 0.3) is 0 Å². The maximum Gasteiger partial charge on any atom is 0.338 e. The summed E-state index contributed by atoms with van der Waals surface area (Å²) < 4.78 is 5.39. The van der Waals surface area contributed by atoms with E-state index < -0.39 is 23.5 Å². The van der Waals surface area contributed by atoms with Gasteiger partial charge in [-0.25, -0.2) is 4.79 Å². The molecule has 7 heteroatoms. The van der Waals surface area contributed by atoms with Gasteiger partial charge in [0.05, 0.1) is 12.3 Å². The fourth-order valence-electron chi connectivity index (χ4n) is 3.75. The highest BCUT2D eigenvalue weighted by atomic mass is 16.7. The second-order valence-corrected chi connectivity index (χ2v) is 9.02. The normalized spacial score (nSPS) is 16.7. The standard InChI is InChI=1S/C23H35N3O4/c1-23(2,3)29-20(27)16-18(13-9-12-17-10-5-4-6-11-17)22(28)30-26-21(24)19-14-7-8-15-25-19/h7-8,14-15,17-18H,4-6,9-13,16H2,1-3H3,(H2,24,26)/t18-/m1/s1. The Morgan fingerprint density at radius 1 is 1.23 bits per heavy atom. The van der Waals surface area contributed by atoms with Crippen molar-refractivity contribution in [1.29, 1.82) is 0 Å². The van der Waals surface area contributed by atoms with Crippen molar-refractivity contribution in [1.82, 2.24) is 4.98 Å². The minimum atomic E-state index is -0.608. The van der Waals surface area contributed by atoms with Crippen LogP contribution < -0.4 is 5.73 Å². The molecule has 0 saturated heterocycles. The first-order valence-corrected chi connectivity index (χ1v) is 10.9. The Bertz CT molecular complexity index is 707. The van der Waals surface area contributed by atoms with Gasteiger partial charge in [0.1, 0.15) is 11.3 Å². The van der Waals surface area contributed by atoms with Gasteiger partial charge >= 0.3 is 11.9 Å². The summed E-state index contributed by atoms with van der Waals surface area (Å²) in [7, 11) is 0. The van der Waals surface area contributed by atoms with Gasteiger partial charge in [0.15, 0.2) is 5.84 Å². The van der Waals surface area contributed by atoms with Crippen LogP contribution in [0.4, 0.5) is 0 Å². The fraction of sp³-hybridized carbons (Fsp3) is 0.652. The summed E-state index contributed by atoms with van der Waals surface area (Å²) in [5.74, 6) is -0.854. The molecule has 0 radical (unpaired) electrons. The lowest BCUT2D eigenvalue weighted by Gasteiger charge is -2.23. The van der Waals surface area contributed by atoms with Gasteiger partial charge in [-0.15, -0.1) is 0 Å². The molecule has 1 aliphatic carbocycles. The third kappa shape index (κ3) is 8.93. The van der Waals surface area contributed by atoms with Crippen molar-refractivity contribution in [3.63, 3.8) is 0 Å². The molecule has 0 bridgehead atoms. The number of ether oxygens (including phenoxy) is 1. The van der Waals surface area contributed by atoms with Crippen molar-refractivity contribution >= 4 is 17.8 Å². The van der Waals surface area contributed by atoms with Crippen LogP contribution in [-0.2, 0) is 19.2 Å². The highest BCUT2D eigenvalue weighted by molar-refractivity contribution is 5.95. The van der Waals surface area contributed by atoms with Crippen molar-refractivity contribution in [3.05, 3.63) is 30.1 Å². The summed E-state index contributed by atoms with van der Waals surface area (Å²) >= 11 is 0. The molecule has 30 heavy (non-hydrogen) atoms. The number of hydrogen-bond donors (Lipinski definition) is 1. The van der Waals surface area contributed by atoms with E-state index in [1.54, 1.807) is 45.2 Å². The van der Waals surface area contributed by atoms with Gasteiger partial charge < -0.3 is 15.3 Å². The Balaban J connectivity index is 1.95. The summed E-state index contributed by atoms with van der Waals surface area (Å²) in [6, 6.07) is 5.20. The van der Waals surface area contributed by atoms with Crippen LogP contribution in [0, 0.1) is 11.8 Å². The van der Waals surface area contributed by atoms with E-state index in [4.69, 9.17) is 15.3 Å². The lowest BCUT2D eigenvalue weighted by molar-refractivity contribution is -0.161. The lowest BCUT2D eigenvalue weighted by atomic mass is 9.84. The monoisotopic (exact) mass is 417 g/mol. The lowest BCUT2D eigenvalue weighted by Crippen LogP contribution is -2.28. The van der Waals surface area contributed by atoms with Gasteiger partial charge in [0.2, 0.25) is 0 Å². The van der Waals surface area contributed by atoms with Crippen LogP contribution in [0.1, 0.15) is 84.3 Å². The highest BCUT2D eigenvalue weighted by Gasteiger charge is 2.27. The molecule has 2 N–H and O–H groups in total. The van der Waals surface area contributed by atoms with Gasteiger partial charge in [0.25, 0.3) is 0 Å². The molecule has 1 fully saturated rings. The Kier molecular flexibility index (Phi) is 9.27. The third-order valence-electron chi connectivity index (χ3n) is 5.22. The predicted molar refractivity (Wildman–Crippen MR) is 115 cm³/mol. The van der Waals surface area contributed by atoms with Gasteiger partial charge in [-0.3, -0.25) is 9.78 Å². The number of esters is 1. The zero-order valence-electron chi connectivity index (χ0n) is 18.4. The number of amidine groups is 1. The van der Waals surface area contributed by atoms with Crippen LogP contribution in [0.3, 0.4) is 0 Å². The summed E-state index contributed by atoms with van der Waals surface area (Å²) in [4.78, 5) is 34.1. The second-order valence-electron chi connectivity index (χ2n) is 9.02. The number of rotatable bonds is 9. The molecule has 0 unspecified atom stereocenters. The molecule has 1 atom stereocenters. The zero-order chi connectivity index (χ0) is 22.0. The molecule has 0 amide bonds. The molecular weight excluding hydrogens is 382 g/mol. The van der Waals surface area contributed by atoms with E-state index in [1.807, 2.05) is 0 Å². The van der Waals surface area contributed by atoms with E-state index in [9.17, 15) is 9.59 Å². The molecule has 166 valence electrons. The minimum absolute atomic E-state index is 0.0159. The van der Waals surface area contributed by atoms with Crippen molar-refractivity contribution in [2.75, 3.05) is 0 Å². The van der Waals surface area contributed by atoms with Crippen molar-refractivity contribution < 1.29 is 19.2 Å². The molecule has 1 heterocycles.